The van der Waals surface area contributed by atoms with Crippen molar-refractivity contribution in [2.75, 3.05) is 25.2 Å². The third kappa shape index (κ3) is 3.50. The number of aromatic nitrogens is 1. The molecule has 3 N–H and O–H groups in total. The summed E-state index contributed by atoms with van der Waals surface area (Å²) in [5.41, 5.74) is 3.78. The van der Waals surface area contributed by atoms with E-state index in [2.05, 4.69) is 15.6 Å². The monoisotopic (exact) mass is 426 g/mol. The maximum atomic E-state index is 12.6. The van der Waals surface area contributed by atoms with Crippen molar-refractivity contribution in [1.29, 1.82) is 0 Å². The van der Waals surface area contributed by atoms with Gasteiger partial charge in [-0.2, -0.15) is 0 Å². The van der Waals surface area contributed by atoms with Gasteiger partial charge in [0, 0.05) is 39.9 Å². The molecule has 3 amide bonds. The number of hydrogen-bond acceptors (Lipinski definition) is 4. The third-order valence-electron chi connectivity index (χ3n) is 5.28. The van der Waals surface area contributed by atoms with Gasteiger partial charge in [-0.3, -0.25) is 4.79 Å². The highest BCUT2D eigenvalue weighted by Crippen LogP contribution is 2.34. The number of ether oxygens (including phenoxy) is 2. The van der Waals surface area contributed by atoms with Gasteiger partial charge in [-0.1, -0.05) is 11.6 Å². The van der Waals surface area contributed by atoms with Crippen LogP contribution in [0.3, 0.4) is 0 Å². The Morgan fingerprint density at radius 2 is 2.00 bits per heavy atom. The van der Waals surface area contributed by atoms with E-state index in [1.54, 1.807) is 23.1 Å². The number of nitrogens with one attached hydrogen (secondary N) is 3. The molecule has 0 bridgehead atoms. The molecule has 3 aromatic rings. The molecule has 9 heteroatoms. The number of rotatable bonds is 3. The van der Waals surface area contributed by atoms with Gasteiger partial charge in [0.15, 0.2) is 11.5 Å². The predicted octanol–water partition coefficient (Wildman–Crippen LogP) is 3.26. The van der Waals surface area contributed by atoms with Gasteiger partial charge in [-0.15, -0.1) is 0 Å². The second-order valence-electron chi connectivity index (χ2n) is 7.22. The van der Waals surface area contributed by atoms with Crippen molar-refractivity contribution in [1.82, 2.24) is 15.2 Å². The van der Waals surface area contributed by atoms with Crippen molar-refractivity contribution < 1.29 is 19.1 Å². The highest BCUT2D eigenvalue weighted by Gasteiger charge is 2.24. The lowest BCUT2D eigenvalue weighted by Gasteiger charge is -2.27. The average molecular weight is 427 g/mol. The number of carbonyl (C=O) groups excluding carboxylic acids is 2. The van der Waals surface area contributed by atoms with Gasteiger partial charge in [0.1, 0.15) is 0 Å². The quantitative estimate of drug-likeness (QED) is 0.599. The summed E-state index contributed by atoms with van der Waals surface area (Å²) in [5, 5.41) is 7.21. The topological polar surface area (TPSA) is 95.7 Å². The molecule has 0 unspecified atom stereocenters. The Labute approximate surface area is 177 Å². The standard InChI is InChI=1S/C21H19ClN4O4/c22-12-1-3-16-15(7-12)14-5-6-26(10-17(14)25-16)21(28)23-9-20(27)24-13-2-4-18-19(8-13)30-11-29-18/h1-4,7-8,25H,5-6,9-11H2,(H,23,28)(H,24,27). The SMILES string of the molecule is O=C(CNC(=O)N1CCc2c([nH]c3ccc(Cl)cc23)C1)Nc1ccc2c(c1)OCO2. The predicted molar refractivity (Wildman–Crippen MR) is 112 cm³/mol. The number of benzene rings is 2. The number of H-pyrrole nitrogens is 1. The van der Waals surface area contributed by atoms with Gasteiger partial charge >= 0.3 is 6.03 Å². The molecule has 1 aromatic heterocycles. The number of hydrogen-bond donors (Lipinski definition) is 3. The number of aromatic amines is 1. The van der Waals surface area contributed by atoms with Crippen LogP contribution in [-0.4, -0.2) is 41.7 Å². The van der Waals surface area contributed by atoms with Crippen LogP contribution in [0.5, 0.6) is 11.5 Å². The minimum Gasteiger partial charge on any atom is -0.454 e. The lowest BCUT2D eigenvalue weighted by Crippen LogP contribution is -2.45. The van der Waals surface area contributed by atoms with E-state index in [4.69, 9.17) is 21.1 Å². The van der Waals surface area contributed by atoms with Crippen molar-refractivity contribution in [2.24, 2.45) is 0 Å². The molecule has 3 heterocycles. The Morgan fingerprint density at radius 3 is 2.90 bits per heavy atom. The molecule has 0 atom stereocenters. The number of nitrogens with zero attached hydrogens (tertiary/aromatic N) is 1. The molecule has 30 heavy (non-hydrogen) atoms. The Morgan fingerprint density at radius 1 is 1.13 bits per heavy atom. The van der Waals surface area contributed by atoms with Gasteiger partial charge in [0.2, 0.25) is 12.7 Å². The largest absolute Gasteiger partial charge is 0.454 e. The average Bonchev–Trinajstić information content (AvgIpc) is 3.35. The first kappa shape index (κ1) is 18.6. The lowest BCUT2D eigenvalue weighted by molar-refractivity contribution is -0.115. The Kier molecular flexibility index (Phi) is 4.63. The summed E-state index contributed by atoms with van der Waals surface area (Å²) in [7, 11) is 0. The summed E-state index contributed by atoms with van der Waals surface area (Å²) < 4.78 is 10.5. The molecule has 0 aliphatic carbocycles. The van der Waals surface area contributed by atoms with Gasteiger partial charge in [-0.05, 0) is 42.3 Å². The van der Waals surface area contributed by atoms with Crippen LogP contribution < -0.4 is 20.1 Å². The fourth-order valence-corrected chi connectivity index (χ4v) is 4.01. The molecule has 2 aliphatic heterocycles. The summed E-state index contributed by atoms with van der Waals surface area (Å²) in [6, 6.07) is 10.6. The van der Waals surface area contributed by atoms with E-state index in [9.17, 15) is 9.59 Å². The van der Waals surface area contributed by atoms with E-state index in [0.29, 0.717) is 35.3 Å². The fourth-order valence-electron chi connectivity index (χ4n) is 3.83. The van der Waals surface area contributed by atoms with E-state index in [-0.39, 0.29) is 25.3 Å². The molecule has 5 rings (SSSR count). The van der Waals surface area contributed by atoms with Crippen molar-refractivity contribution in [3.05, 3.63) is 52.7 Å². The number of anilines is 1. The maximum absolute atomic E-state index is 12.6. The second-order valence-corrected chi connectivity index (χ2v) is 7.65. The zero-order chi connectivity index (χ0) is 20.7. The minimum absolute atomic E-state index is 0.126. The molecule has 0 fully saturated rings. The van der Waals surface area contributed by atoms with Gasteiger partial charge in [0.25, 0.3) is 0 Å². The molecule has 0 radical (unpaired) electrons. The first-order chi connectivity index (χ1) is 14.6. The first-order valence-corrected chi connectivity index (χ1v) is 9.96. The van der Waals surface area contributed by atoms with E-state index in [1.807, 2.05) is 18.2 Å². The van der Waals surface area contributed by atoms with E-state index < -0.39 is 0 Å². The molecule has 8 nitrogen and oxygen atoms in total. The van der Waals surface area contributed by atoms with E-state index in [0.717, 1.165) is 23.0 Å². The Balaban J connectivity index is 1.18. The summed E-state index contributed by atoms with van der Waals surface area (Å²) in [5.74, 6) is 0.908. The minimum atomic E-state index is -0.319. The summed E-state index contributed by atoms with van der Waals surface area (Å²) in [6.07, 6.45) is 0.729. The zero-order valence-corrected chi connectivity index (χ0v) is 16.7. The van der Waals surface area contributed by atoms with Crippen LogP contribution in [0.25, 0.3) is 10.9 Å². The van der Waals surface area contributed by atoms with Crippen molar-refractivity contribution in [2.45, 2.75) is 13.0 Å². The van der Waals surface area contributed by atoms with Crippen LogP contribution in [0.4, 0.5) is 10.5 Å². The maximum Gasteiger partial charge on any atom is 0.318 e. The van der Waals surface area contributed by atoms with Crippen LogP contribution in [0, 0.1) is 0 Å². The highest BCUT2D eigenvalue weighted by atomic mass is 35.5. The smallest absolute Gasteiger partial charge is 0.318 e. The number of urea groups is 1. The lowest BCUT2D eigenvalue weighted by atomic mass is 10.0. The van der Waals surface area contributed by atoms with Crippen LogP contribution in [0.1, 0.15) is 11.3 Å². The van der Waals surface area contributed by atoms with Gasteiger partial charge < -0.3 is 30.0 Å². The van der Waals surface area contributed by atoms with Crippen LogP contribution in [0.2, 0.25) is 5.02 Å². The molecule has 0 saturated heterocycles. The van der Waals surface area contributed by atoms with Crippen LogP contribution in [0.15, 0.2) is 36.4 Å². The second kappa shape index (κ2) is 7.46. The molecular formula is C21H19ClN4O4. The summed E-state index contributed by atoms with van der Waals surface area (Å²) >= 11 is 6.11. The number of halogens is 1. The molecule has 0 saturated carbocycles. The molecule has 154 valence electrons. The Hall–Kier alpha value is -3.39. The highest BCUT2D eigenvalue weighted by molar-refractivity contribution is 6.31. The molecule has 2 aliphatic rings. The number of carbonyl (C=O) groups is 2. The third-order valence-corrected chi connectivity index (χ3v) is 5.52. The van der Waals surface area contributed by atoms with E-state index >= 15 is 0 Å². The van der Waals surface area contributed by atoms with Crippen molar-refractivity contribution in [3.63, 3.8) is 0 Å². The summed E-state index contributed by atoms with van der Waals surface area (Å²) in [6.45, 7) is 1.07. The number of amides is 3. The van der Waals surface area contributed by atoms with Crippen molar-refractivity contribution in [3.8, 4) is 11.5 Å². The number of fused-ring (bicyclic) bond motifs is 4. The summed E-state index contributed by atoms with van der Waals surface area (Å²) in [4.78, 5) is 29.8. The van der Waals surface area contributed by atoms with Gasteiger partial charge in [0.05, 0.1) is 13.1 Å². The van der Waals surface area contributed by atoms with E-state index in [1.165, 1.54) is 5.56 Å². The van der Waals surface area contributed by atoms with Crippen LogP contribution >= 0.6 is 11.6 Å². The Bertz CT molecular complexity index is 1160. The normalized spacial score (nSPS) is 14.5. The molecule has 2 aromatic carbocycles. The first-order valence-electron chi connectivity index (χ1n) is 9.58. The van der Waals surface area contributed by atoms with Crippen LogP contribution in [-0.2, 0) is 17.8 Å². The van der Waals surface area contributed by atoms with Crippen molar-refractivity contribution >= 4 is 40.1 Å². The zero-order valence-electron chi connectivity index (χ0n) is 16.0. The van der Waals surface area contributed by atoms with Gasteiger partial charge in [-0.25, -0.2) is 4.79 Å². The molecular weight excluding hydrogens is 408 g/mol. The molecule has 0 spiro atoms. The fraction of sp³-hybridized carbons (Fsp3) is 0.238.